The van der Waals surface area contributed by atoms with Gasteiger partial charge in [-0.1, -0.05) is 188 Å². The number of aromatic nitrogens is 4. The highest BCUT2D eigenvalue weighted by atomic mass is 16.3. The lowest BCUT2D eigenvalue weighted by atomic mass is 9.97. The highest BCUT2D eigenvalue weighted by Gasteiger charge is 2.21. The van der Waals surface area contributed by atoms with Gasteiger partial charge in [-0.05, 0) is 136 Å². The molecule has 0 spiro atoms. The minimum absolute atomic E-state index is 0.581. The van der Waals surface area contributed by atoms with Crippen LogP contribution in [-0.4, -0.2) is 19.1 Å². The fraction of sp³-hybridized carbons (Fsp3) is 0. The van der Waals surface area contributed by atoms with Gasteiger partial charge in [0.2, 0.25) is 5.95 Å². The number of hydrogen-bond donors (Lipinski definition) is 0. The second kappa shape index (κ2) is 18.2. The van der Waals surface area contributed by atoms with Gasteiger partial charge in [0.1, 0.15) is 22.3 Å². The summed E-state index contributed by atoms with van der Waals surface area (Å²) in [6.45, 7) is 0. The van der Waals surface area contributed by atoms with Gasteiger partial charge in [0.05, 0.1) is 33.5 Å². The lowest BCUT2D eigenvalue weighted by Crippen LogP contribution is -2.04. The average Bonchev–Trinajstić information content (AvgIpc) is 4.08. The van der Waals surface area contributed by atoms with Crippen LogP contribution in [0.5, 0.6) is 0 Å². The van der Waals surface area contributed by atoms with Crippen molar-refractivity contribution < 1.29 is 8.83 Å². The van der Waals surface area contributed by atoms with E-state index in [9.17, 15) is 0 Å². The Morgan fingerprint density at radius 2 is 0.610 bits per heavy atom. The van der Waals surface area contributed by atoms with Crippen LogP contribution in [0.4, 0.5) is 0 Å². The Kier molecular flexibility index (Phi) is 10.2. The fourth-order valence-corrected chi connectivity index (χ4v) is 12.6. The van der Waals surface area contributed by atoms with Gasteiger partial charge in [0.15, 0.2) is 0 Å². The van der Waals surface area contributed by atoms with E-state index in [-0.39, 0.29) is 0 Å². The van der Waals surface area contributed by atoms with E-state index in [1.165, 1.54) is 21.9 Å². The van der Waals surface area contributed by atoms with Crippen molar-refractivity contribution in [1.82, 2.24) is 19.1 Å². The van der Waals surface area contributed by atoms with Gasteiger partial charge in [-0.3, -0.25) is 4.57 Å². The number of rotatable bonds is 8. The normalized spacial score (nSPS) is 11.9. The highest BCUT2D eigenvalue weighted by Crippen LogP contribution is 2.41. The van der Waals surface area contributed by atoms with Crippen molar-refractivity contribution in [2.24, 2.45) is 0 Å². The van der Waals surface area contributed by atoms with Crippen molar-refractivity contribution in [3.8, 4) is 78.7 Å². The summed E-state index contributed by atoms with van der Waals surface area (Å²) >= 11 is 0. The Bertz CT molecular complexity index is 5430. The first kappa shape index (κ1) is 45.9. The van der Waals surface area contributed by atoms with Gasteiger partial charge < -0.3 is 13.4 Å². The molecular formula is C76H46N4O2. The van der Waals surface area contributed by atoms with Crippen molar-refractivity contribution >= 4 is 87.5 Å². The Morgan fingerprint density at radius 3 is 1.21 bits per heavy atom. The van der Waals surface area contributed by atoms with Crippen molar-refractivity contribution in [2.45, 2.75) is 0 Å². The predicted octanol–water partition coefficient (Wildman–Crippen LogP) is 20.5. The molecule has 12 aromatic carbocycles. The van der Waals surface area contributed by atoms with Gasteiger partial charge in [0.25, 0.3) is 0 Å². The molecule has 6 heteroatoms. The SMILES string of the molecule is c1ccc(-c2cccc(-c3cccc(-c4cc(-c5cccc(-n6c7ccccc7c7ccc(-c8ccc9oc%10ccccc%10c9c8)cc76)c5)nc(-n5c6ccccc6c6ccc(-c7ccc8oc9ccccc9c8c7)cc65)n4)c3)c2)cc1. The molecular weight excluding hydrogens is 1000 g/mol. The topological polar surface area (TPSA) is 61.9 Å². The van der Waals surface area contributed by atoms with Crippen LogP contribution in [0, 0.1) is 0 Å². The van der Waals surface area contributed by atoms with Crippen LogP contribution in [-0.2, 0) is 0 Å². The molecule has 17 aromatic rings. The number of hydrogen-bond acceptors (Lipinski definition) is 4. The summed E-state index contributed by atoms with van der Waals surface area (Å²) in [4.78, 5) is 11.2. The second-order valence-electron chi connectivity index (χ2n) is 21.3. The van der Waals surface area contributed by atoms with Crippen LogP contribution < -0.4 is 0 Å². The molecule has 6 nitrogen and oxygen atoms in total. The lowest BCUT2D eigenvalue weighted by molar-refractivity contribution is 0.668. The molecule has 0 unspecified atom stereocenters. The van der Waals surface area contributed by atoms with Gasteiger partial charge in [-0.25, -0.2) is 9.97 Å². The molecule has 0 saturated heterocycles. The smallest absolute Gasteiger partial charge is 0.235 e. The number of furan rings is 2. The van der Waals surface area contributed by atoms with Gasteiger partial charge in [-0.2, -0.15) is 0 Å². The molecule has 382 valence electrons. The van der Waals surface area contributed by atoms with Crippen LogP contribution in [0.3, 0.4) is 0 Å². The summed E-state index contributed by atoms with van der Waals surface area (Å²) in [5.41, 5.74) is 21.4. The highest BCUT2D eigenvalue weighted by molar-refractivity contribution is 6.13. The third-order valence-electron chi connectivity index (χ3n) is 16.5. The monoisotopic (exact) mass is 1050 g/mol. The fourth-order valence-electron chi connectivity index (χ4n) is 12.6. The molecule has 82 heavy (non-hydrogen) atoms. The molecule has 0 atom stereocenters. The zero-order valence-electron chi connectivity index (χ0n) is 44.2. The van der Waals surface area contributed by atoms with E-state index in [4.69, 9.17) is 18.8 Å². The van der Waals surface area contributed by atoms with E-state index in [1.54, 1.807) is 0 Å². The molecule has 0 saturated carbocycles. The molecule has 0 fully saturated rings. The Morgan fingerprint density at radius 1 is 0.220 bits per heavy atom. The number of para-hydroxylation sites is 4. The molecule has 5 aromatic heterocycles. The van der Waals surface area contributed by atoms with Gasteiger partial charge in [0, 0.05) is 59.9 Å². The molecule has 0 bridgehead atoms. The summed E-state index contributed by atoms with van der Waals surface area (Å²) in [6, 6.07) is 99.5. The minimum atomic E-state index is 0.581. The van der Waals surface area contributed by atoms with Crippen LogP contribution in [0.1, 0.15) is 0 Å². The largest absolute Gasteiger partial charge is 0.456 e. The van der Waals surface area contributed by atoms with Crippen LogP contribution in [0.25, 0.3) is 166 Å². The summed E-state index contributed by atoms with van der Waals surface area (Å²) in [6.07, 6.45) is 0. The zero-order chi connectivity index (χ0) is 53.8. The third-order valence-corrected chi connectivity index (χ3v) is 16.5. The van der Waals surface area contributed by atoms with E-state index in [2.05, 4.69) is 264 Å². The Balaban J connectivity index is 0.853. The molecule has 5 heterocycles. The Hall–Kier alpha value is -11.1. The van der Waals surface area contributed by atoms with E-state index in [0.717, 1.165) is 138 Å². The van der Waals surface area contributed by atoms with E-state index >= 15 is 0 Å². The summed E-state index contributed by atoms with van der Waals surface area (Å²) in [5, 5.41) is 9.04. The van der Waals surface area contributed by atoms with Gasteiger partial charge in [-0.15, -0.1) is 0 Å². The number of nitrogens with zero attached hydrogens (tertiary/aromatic N) is 4. The number of fused-ring (bicyclic) bond motifs is 12. The van der Waals surface area contributed by atoms with Crippen molar-refractivity contribution in [3.05, 3.63) is 279 Å². The summed E-state index contributed by atoms with van der Waals surface area (Å²) in [5.74, 6) is 0.581. The summed E-state index contributed by atoms with van der Waals surface area (Å²) in [7, 11) is 0. The first-order valence-corrected chi connectivity index (χ1v) is 27.8. The van der Waals surface area contributed by atoms with E-state index in [0.29, 0.717) is 5.95 Å². The first-order valence-electron chi connectivity index (χ1n) is 27.8. The number of benzene rings is 12. The molecule has 0 N–H and O–H groups in total. The molecule has 0 aliphatic carbocycles. The summed E-state index contributed by atoms with van der Waals surface area (Å²) < 4.78 is 17.2. The molecule has 0 amide bonds. The van der Waals surface area contributed by atoms with Crippen molar-refractivity contribution in [1.29, 1.82) is 0 Å². The Labute approximate surface area is 470 Å². The van der Waals surface area contributed by atoms with Gasteiger partial charge >= 0.3 is 0 Å². The molecule has 17 rings (SSSR count). The maximum absolute atomic E-state index is 6.26. The van der Waals surface area contributed by atoms with Crippen LogP contribution >= 0.6 is 0 Å². The molecule has 0 radical (unpaired) electrons. The van der Waals surface area contributed by atoms with Crippen LogP contribution in [0.15, 0.2) is 288 Å². The van der Waals surface area contributed by atoms with E-state index in [1.807, 2.05) is 24.3 Å². The quantitative estimate of drug-likeness (QED) is 0.152. The van der Waals surface area contributed by atoms with E-state index < -0.39 is 0 Å². The van der Waals surface area contributed by atoms with Crippen LogP contribution in [0.2, 0.25) is 0 Å². The predicted molar refractivity (Wildman–Crippen MR) is 338 cm³/mol. The lowest BCUT2D eigenvalue weighted by Gasteiger charge is -2.14. The maximum atomic E-state index is 6.26. The first-order chi connectivity index (χ1) is 40.6. The minimum Gasteiger partial charge on any atom is -0.456 e. The third kappa shape index (κ3) is 7.43. The molecule has 0 aliphatic rings. The zero-order valence-corrected chi connectivity index (χ0v) is 44.2. The average molecular weight is 1050 g/mol. The standard InChI is InChI=1S/C76H46N4O2/c1-2-15-47(16-3-1)48-17-12-18-49(39-48)50-19-13-20-55(40-50)66-46-67(78-76(77-66)80-69-28-9-5-24-59(69)61-36-32-54(45-71(61)80)52-34-38-75-65(43-52)63-26-7-11-30-73(63)82-75)56-21-14-22-57(41-56)79-68-27-8-4-23-58(68)60-35-31-53(44-70(60)79)51-33-37-74-64(42-51)62-25-6-10-29-72(62)81-74/h1-46H. The second-order valence-corrected chi connectivity index (χ2v) is 21.3. The maximum Gasteiger partial charge on any atom is 0.235 e. The molecule has 0 aliphatic heterocycles. The van der Waals surface area contributed by atoms with Crippen molar-refractivity contribution in [3.63, 3.8) is 0 Å². The van der Waals surface area contributed by atoms with Crippen molar-refractivity contribution in [2.75, 3.05) is 0 Å².